The first-order valence-electron chi connectivity index (χ1n) is 6.48. The van der Waals surface area contributed by atoms with Crippen LogP contribution in [0.5, 0.6) is 0 Å². The molecule has 88 valence electrons. The van der Waals surface area contributed by atoms with E-state index in [0.29, 0.717) is 11.0 Å². The Morgan fingerprint density at radius 2 is 1.93 bits per heavy atom. The minimum atomic E-state index is 0.357. The van der Waals surface area contributed by atoms with Gasteiger partial charge in [0, 0.05) is 18.6 Å². The summed E-state index contributed by atoms with van der Waals surface area (Å²) in [4.78, 5) is 2.67. The lowest BCUT2D eigenvalue weighted by Gasteiger charge is -2.34. The lowest BCUT2D eigenvalue weighted by atomic mass is 9.82. The van der Waals surface area contributed by atoms with Crippen LogP contribution in [0.25, 0.3) is 0 Å². The Morgan fingerprint density at radius 1 is 1.13 bits per heavy atom. The average molecular weight is 210 g/mol. The molecule has 2 heterocycles. The first kappa shape index (κ1) is 11.4. The van der Waals surface area contributed by atoms with Gasteiger partial charge in [-0.1, -0.05) is 6.42 Å². The molecule has 1 unspecified atom stereocenters. The van der Waals surface area contributed by atoms with Gasteiger partial charge in [-0.15, -0.1) is 0 Å². The highest BCUT2D eigenvalue weighted by atomic mass is 15.2. The van der Waals surface area contributed by atoms with Crippen LogP contribution in [0.1, 0.15) is 46.5 Å². The summed E-state index contributed by atoms with van der Waals surface area (Å²) in [7, 11) is 0. The fourth-order valence-electron chi connectivity index (χ4n) is 3.05. The van der Waals surface area contributed by atoms with E-state index in [1.807, 2.05) is 0 Å². The molecule has 2 saturated heterocycles. The van der Waals surface area contributed by atoms with E-state index in [0.717, 1.165) is 0 Å². The molecule has 2 fully saturated rings. The summed E-state index contributed by atoms with van der Waals surface area (Å²) in [5, 5.41) is 3.63. The highest BCUT2D eigenvalue weighted by molar-refractivity contribution is 4.96. The van der Waals surface area contributed by atoms with Gasteiger partial charge in [0.2, 0.25) is 0 Å². The lowest BCUT2D eigenvalue weighted by molar-refractivity contribution is 0.145. The van der Waals surface area contributed by atoms with Gasteiger partial charge >= 0.3 is 0 Å². The van der Waals surface area contributed by atoms with Crippen molar-refractivity contribution >= 4 is 0 Å². The average Bonchev–Trinajstić information content (AvgIpc) is 2.41. The second-order valence-corrected chi connectivity index (χ2v) is 6.48. The van der Waals surface area contributed by atoms with Crippen molar-refractivity contribution in [1.29, 1.82) is 0 Å². The standard InChI is InChI=1S/C13H26N2/c1-12(2,3)15-9-7-13(11-15)6-4-5-8-14-10-13/h14H,4-11H2,1-3H3. The SMILES string of the molecule is CC(C)(C)N1CCC2(CCCCNC2)C1. The molecule has 2 nitrogen and oxygen atoms in total. The zero-order valence-electron chi connectivity index (χ0n) is 10.6. The van der Waals surface area contributed by atoms with Crippen molar-refractivity contribution < 1.29 is 0 Å². The van der Waals surface area contributed by atoms with E-state index in [1.54, 1.807) is 0 Å². The van der Waals surface area contributed by atoms with Crippen LogP contribution in [0.2, 0.25) is 0 Å². The molecule has 0 saturated carbocycles. The quantitative estimate of drug-likeness (QED) is 0.660. The van der Waals surface area contributed by atoms with Crippen LogP contribution in [-0.4, -0.2) is 36.6 Å². The van der Waals surface area contributed by atoms with E-state index in [2.05, 4.69) is 31.0 Å². The van der Waals surface area contributed by atoms with Crippen LogP contribution >= 0.6 is 0 Å². The summed E-state index contributed by atoms with van der Waals surface area (Å²) in [5.41, 5.74) is 0.958. The van der Waals surface area contributed by atoms with Crippen molar-refractivity contribution in [2.24, 2.45) is 5.41 Å². The number of rotatable bonds is 0. The molecule has 1 atom stereocenters. The maximum atomic E-state index is 3.63. The van der Waals surface area contributed by atoms with Crippen molar-refractivity contribution in [3.63, 3.8) is 0 Å². The van der Waals surface area contributed by atoms with Crippen molar-refractivity contribution in [2.45, 2.75) is 52.0 Å². The number of nitrogens with zero attached hydrogens (tertiary/aromatic N) is 1. The van der Waals surface area contributed by atoms with Crippen LogP contribution in [0.4, 0.5) is 0 Å². The summed E-state index contributed by atoms with van der Waals surface area (Å²) in [6, 6.07) is 0. The van der Waals surface area contributed by atoms with Crippen molar-refractivity contribution in [3.05, 3.63) is 0 Å². The van der Waals surface area contributed by atoms with Gasteiger partial charge in [-0.3, -0.25) is 4.90 Å². The highest BCUT2D eigenvalue weighted by Gasteiger charge is 2.41. The normalized spacial score (nSPS) is 34.6. The molecule has 0 bridgehead atoms. The van der Waals surface area contributed by atoms with E-state index in [4.69, 9.17) is 0 Å². The van der Waals surface area contributed by atoms with Gasteiger partial charge in [0.1, 0.15) is 0 Å². The molecule has 15 heavy (non-hydrogen) atoms. The molecule has 0 aromatic heterocycles. The second-order valence-electron chi connectivity index (χ2n) is 6.48. The fourth-order valence-corrected chi connectivity index (χ4v) is 3.05. The van der Waals surface area contributed by atoms with E-state index >= 15 is 0 Å². The van der Waals surface area contributed by atoms with Gasteiger partial charge in [0.05, 0.1) is 0 Å². The molecular formula is C13H26N2. The highest BCUT2D eigenvalue weighted by Crippen LogP contribution is 2.38. The molecule has 1 N–H and O–H groups in total. The number of likely N-dealkylation sites (tertiary alicyclic amines) is 1. The predicted molar refractivity (Wildman–Crippen MR) is 65.1 cm³/mol. The third-order valence-corrected chi connectivity index (χ3v) is 4.20. The maximum absolute atomic E-state index is 3.63. The molecular weight excluding hydrogens is 184 g/mol. The van der Waals surface area contributed by atoms with E-state index in [9.17, 15) is 0 Å². The Labute approximate surface area is 94.4 Å². The third kappa shape index (κ3) is 2.54. The topological polar surface area (TPSA) is 15.3 Å². The third-order valence-electron chi connectivity index (χ3n) is 4.20. The summed E-state index contributed by atoms with van der Waals surface area (Å²) >= 11 is 0. The largest absolute Gasteiger partial charge is 0.316 e. The molecule has 0 aromatic carbocycles. The summed E-state index contributed by atoms with van der Waals surface area (Å²) in [6.07, 6.45) is 5.63. The zero-order valence-corrected chi connectivity index (χ0v) is 10.6. The zero-order chi connectivity index (χ0) is 10.9. The summed E-state index contributed by atoms with van der Waals surface area (Å²) in [6.45, 7) is 12.1. The first-order chi connectivity index (χ1) is 7.02. The molecule has 0 aliphatic carbocycles. The Kier molecular flexibility index (Phi) is 3.09. The number of nitrogens with one attached hydrogen (secondary N) is 1. The molecule has 0 amide bonds. The monoisotopic (exact) mass is 210 g/mol. The smallest absolute Gasteiger partial charge is 0.0125 e. The molecule has 1 spiro atoms. The van der Waals surface area contributed by atoms with Gasteiger partial charge in [-0.2, -0.15) is 0 Å². The van der Waals surface area contributed by atoms with Crippen molar-refractivity contribution in [1.82, 2.24) is 10.2 Å². The number of hydrogen-bond donors (Lipinski definition) is 1. The van der Waals surface area contributed by atoms with E-state index in [-0.39, 0.29) is 0 Å². The van der Waals surface area contributed by atoms with Gasteiger partial charge in [0.15, 0.2) is 0 Å². The minimum absolute atomic E-state index is 0.357. The van der Waals surface area contributed by atoms with Gasteiger partial charge < -0.3 is 5.32 Å². The Balaban J connectivity index is 2.00. The Hall–Kier alpha value is -0.0800. The van der Waals surface area contributed by atoms with Crippen LogP contribution in [0, 0.1) is 5.41 Å². The maximum Gasteiger partial charge on any atom is 0.0125 e. The first-order valence-corrected chi connectivity index (χ1v) is 6.48. The number of hydrogen-bond acceptors (Lipinski definition) is 2. The second kappa shape index (κ2) is 4.06. The lowest BCUT2D eigenvalue weighted by Crippen LogP contribution is -2.43. The predicted octanol–water partition coefficient (Wildman–Crippen LogP) is 2.25. The summed E-state index contributed by atoms with van der Waals surface area (Å²) < 4.78 is 0. The minimum Gasteiger partial charge on any atom is -0.316 e. The van der Waals surface area contributed by atoms with E-state index in [1.165, 1.54) is 51.9 Å². The molecule has 0 radical (unpaired) electrons. The van der Waals surface area contributed by atoms with Crippen LogP contribution in [0.3, 0.4) is 0 Å². The molecule has 2 heteroatoms. The van der Waals surface area contributed by atoms with Gasteiger partial charge in [0.25, 0.3) is 0 Å². The van der Waals surface area contributed by atoms with Crippen molar-refractivity contribution in [3.8, 4) is 0 Å². The molecule has 2 rings (SSSR count). The van der Waals surface area contributed by atoms with E-state index < -0.39 is 0 Å². The van der Waals surface area contributed by atoms with Crippen LogP contribution in [0.15, 0.2) is 0 Å². The fraction of sp³-hybridized carbons (Fsp3) is 1.00. The molecule has 0 aromatic rings. The van der Waals surface area contributed by atoms with Gasteiger partial charge in [-0.25, -0.2) is 0 Å². The van der Waals surface area contributed by atoms with Crippen LogP contribution in [-0.2, 0) is 0 Å². The molecule has 2 aliphatic heterocycles. The van der Waals surface area contributed by atoms with Crippen LogP contribution < -0.4 is 5.32 Å². The van der Waals surface area contributed by atoms with Crippen molar-refractivity contribution in [2.75, 3.05) is 26.2 Å². The Morgan fingerprint density at radius 3 is 2.60 bits per heavy atom. The summed E-state index contributed by atoms with van der Waals surface area (Å²) in [5.74, 6) is 0. The molecule has 2 aliphatic rings. The van der Waals surface area contributed by atoms with Gasteiger partial charge in [-0.05, 0) is 58.5 Å². The Bertz CT molecular complexity index is 209.